The van der Waals surface area contributed by atoms with Crippen LogP contribution in [0.3, 0.4) is 0 Å². The Morgan fingerprint density at radius 3 is 3.06 bits per heavy atom. The lowest BCUT2D eigenvalue weighted by molar-refractivity contribution is 0.816. The molecule has 0 radical (unpaired) electrons. The number of nitrogens with zero attached hydrogens (tertiary/aromatic N) is 3. The van der Waals surface area contributed by atoms with Crippen LogP contribution in [0.25, 0.3) is 10.9 Å². The monoisotopic (exact) mass is 271 g/mol. The van der Waals surface area contributed by atoms with Gasteiger partial charge in [-0.1, -0.05) is 11.6 Å². The molecule has 0 amide bonds. The zero-order chi connectivity index (χ0) is 11.0. The van der Waals surface area contributed by atoms with Crippen LogP contribution < -0.4 is 10.7 Å². The molecule has 2 N–H and O–H groups in total. The Balaban J connectivity index is 0.00000108. The number of nitrogens with one attached hydrogen (secondary N) is 2. The third kappa shape index (κ3) is 2.45. The first-order chi connectivity index (χ1) is 7.81. The summed E-state index contributed by atoms with van der Waals surface area (Å²) in [5, 5.41) is 9.17. The van der Waals surface area contributed by atoms with Gasteiger partial charge in [0.25, 0.3) is 0 Å². The van der Waals surface area contributed by atoms with Crippen LogP contribution in [0.1, 0.15) is 0 Å². The van der Waals surface area contributed by atoms with Gasteiger partial charge >= 0.3 is 0 Å². The lowest BCUT2D eigenvalue weighted by Crippen LogP contribution is -2.32. The molecule has 17 heavy (non-hydrogen) atoms. The molecule has 0 fully saturated rings. The number of aromatic nitrogens is 2. The van der Waals surface area contributed by atoms with E-state index >= 15 is 0 Å². The summed E-state index contributed by atoms with van der Waals surface area (Å²) in [6.07, 6.45) is 1.88. The molecule has 1 aromatic carbocycles. The zero-order valence-corrected chi connectivity index (χ0v) is 10.4. The summed E-state index contributed by atoms with van der Waals surface area (Å²) >= 11 is 5.90. The van der Waals surface area contributed by atoms with Gasteiger partial charge in [0.15, 0.2) is 0 Å². The fraction of sp³-hybridized carbons (Fsp3) is 0.200. The Morgan fingerprint density at radius 1 is 1.41 bits per heavy atom. The van der Waals surface area contributed by atoms with Crippen LogP contribution in [-0.2, 0) is 0 Å². The molecule has 2 heterocycles. The van der Waals surface area contributed by atoms with Gasteiger partial charge in [-0.25, -0.2) is 10.4 Å². The first-order valence-corrected chi connectivity index (χ1v) is 5.39. The quantitative estimate of drug-likeness (QED) is 0.829. The van der Waals surface area contributed by atoms with Crippen molar-refractivity contribution in [2.75, 3.05) is 18.5 Å². The highest BCUT2D eigenvalue weighted by atomic mass is 35.5. The molecule has 0 saturated carbocycles. The largest absolute Gasteiger partial charge is 0.353 e. The highest BCUT2D eigenvalue weighted by molar-refractivity contribution is 6.31. The average molecular weight is 272 g/mol. The van der Waals surface area contributed by atoms with Crippen molar-refractivity contribution in [3.8, 4) is 0 Å². The molecule has 0 unspecified atom stereocenters. The summed E-state index contributed by atoms with van der Waals surface area (Å²) in [6.45, 7) is 1.67. The molecule has 7 heteroatoms. The van der Waals surface area contributed by atoms with E-state index in [1.807, 2.05) is 24.4 Å². The number of guanidine groups is 1. The summed E-state index contributed by atoms with van der Waals surface area (Å²) in [7, 11) is 0. The Kier molecular flexibility index (Phi) is 3.40. The average Bonchev–Trinajstić information content (AvgIpc) is 2.86. The fourth-order valence-corrected chi connectivity index (χ4v) is 1.82. The molecule has 0 aliphatic carbocycles. The van der Waals surface area contributed by atoms with Crippen LogP contribution in [0, 0.1) is 0 Å². The third-order valence-electron chi connectivity index (χ3n) is 2.36. The van der Waals surface area contributed by atoms with Crippen LogP contribution >= 0.6 is 24.0 Å². The molecule has 0 spiro atoms. The standard InChI is InChI=1S/C10H10ClN5.ClH/c11-8-1-2-9-7(5-8)6-16(14-9)15-10-12-3-4-13-10;/h1-2,5-6H,3-4H2,(H2,12,13,15);1H. The SMILES string of the molecule is Cl.Clc1ccc2nn(NC3=NCCN3)cc2c1. The lowest BCUT2D eigenvalue weighted by atomic mass is 10.3. The Morgan fingerprint density at radius 2 is 2.29 bits per heavy atom. The molecule has 5 nitrogen and oxygen atoms in total. The minimum absolute atomic E-state index is 0. The summed E-state index contributed by atoms with van der Waals surface area (Å²) in [5.74, 6) is 0.749. The van der Waals surface area contributed by atoms with E-state index in [1.165, 1.54) is 0 Å². The number of halogens is 2. The molecule has 0 atom stereocenters. The first-order valence-electron chi connectivity index (χ1n) is 5.01. The van der Waals surface area contributed by atoms with E-state index in [2.05, 4.69) is 20.8 Å². The van der Waals surface area contributed by atoms with Gasteiger partial charge in [-0.15, -0.1) is 12.4 Å². The van der Waals surface area contributed by atoms with E-state index in [9.17, 15) is 0 Å². The number of fused-ring (bicyclic) bond motifs is 1. The number of rotatable bonds is 1. The van der Waals surface area contributed by atoms with Crippen LogP contribution in [0.2, 0.25) is 5.02 Å². The van der Waals surface area contributed by atoms with Crippen molar-refractivity contribution in [2.24, 2.45) is 4.99 Å². The van der Waals surface area contributed by atoms with E-state index in [-0.39, 0.29) is 12.4 Å². The predicted octanol–water partition coefficient (Wildman–Crippen LogP) is 1.61. The van der Waals surface area contributed by atoms with Gasteiger partial charge < -0.3 is 5.32 Å². The van der Waals surface area contributed by atoms with Crippen molar-refractivity contribution in [2.45, 2.75) is 0 Å². The molecular weight excluding hydrogens is 261 g/mol. The van der Waals surface area contributed by atoms with E-state index in [4.69, 9.17) is 11.6 Å². The van der Waals surface area contributed by atoms with Gasteiger partial charge in [0.1, 0.15) is 0 Å². The minimum Gasteiger partial charge on any atom is -0.353 e. The summed E-state index contributed by atoms with van der Waals surface area (Å²) in [6, 6.07) is 5.60. The minimum atomic E-state index is 0. The molecule has 1 aliphatic rings. The molecule has 90 valence electrons. The number of aliphatic imine (C=N–C) groups is 1. The van der Waals surface area contributed by atoms with Gasteiger partial charge in [-0.05, 0) is 18.2 Å². The van der Waals surface area contributed by atoms with Crippen LogP contribution in [0.5, 0.6) is 0 Å². The predicted molar refractivity (Wildman–Crippen MR) is 71.7 cm³/mol. The fourth-order valence-electron chi connectivity index (χ4n) is 1.64. The zero-order valence-electron chi connectivity index (χ0n) is 8.85. The maximum atomic E-state index is 5.90. The Hall–Kier alpha value is -1.46. The molecule has 0 saturated heterocycles. The van der Waals surface area contributed by atoms with Crippen LogP contribution in [0.4, 0.5) is 0 Å². The maximum Gasteiger partial charge on any atom is 0.212 e. The summed E-state index contributed by atoms with van der Waals surface area (Å²) < 4.78 is 0. The van der Waals surface area contributed by atoms with Crippen molar-refractivity contribution >= 4 is 40.9 Å². The maximum absolute atomic E-state index is 5.90. The van der Waals surface area contributed by atoms with E-state index in [0.29, 0.717) is 5.02 Å². The molecule has 1 aromatic heterocycles. The van der Waals surface area contributed by atoms with Gasteiger partial charge in [-0.3, -0.25) is 0 Å². The van der Waals surface area contributed by atoms with E-state index in [0.717, 1.165) is 30.0 Å². The van der Waals surface area contributed by atoms with E-state index < -0.39 is 0 Å². The summed E-state index contributed by atoms with van der Waals surface area (Å²) in [4.78, 5) is 5.86. The van der Waals surface area contributed by atoms with Crippen LogP contribution in [-0.4, -0.2) is 28.9 Å². The van der Waals surface area contributed by atoms with Crippen molar-refractivity contribution in [1.82, 2.24) is 15.2 Å². The van der Waals surface area contributed by atoms with Gasteiger partial charge in [0.05, 0.1) is 18.3 Å². The molecule has 2 aromatic rings. The third-order valence-corrected chi connectivity index (χ3v) is 2.60. The normalized spacial score (nSPS) is 14.1. The highest BCUT2D eigenvalue weighted by Crippen LogP contribution is 2.17. The van der Waals surface area contributed by atoms with Crippen molar-refractivity contribution in [3.63, 3.8) is 0 Å². The Bertz CT molecular complexity index is 563. The van der Waals surface area contributed by atoms with Crippen molar-refractivity contribution in [3.05, 3.63) is 29.4 Å². The molecular formula is C10H11Cl2N5. The lowest BCUT2D eigenvalue weighted by Gasteiger charge is -2.04. The molecule has 3 rings (SSSR count). The van der Waals surface area contributed by atoms with Gasteiger partial charge in [0.2, 0.25) is 5.96 Å². The second-order valence-electron chi connectivity index (χ2n) is 3.55. The topological polar surface area (TPSA) is 54.2 Å². The van der Waals surface area contributed by atoms with Crippen molar-refractivity contribution < 1.29 is 0 Å². The Labute approximate surface area is 109 Å². The second kappa shape index (κ2) is 4.81. The number of hydrogen-bond acceptors (Lipinski definition) is 4. The van der Waals surface area contributed by atoms with Gasteiger partial charge in [0, 0.05) is 17.0 Å². The van der Waals surface area contributed by atoms with Crippen LogP contribution in [0.15, 0.2) is 29.4 Å². The first kappa shape index (κ1) is 12.0. The van der Waals surface area contributed by atoms with E-state index in [1.54, 1.807) is 4.79 Å². The second-order valence-corrected chi connectivity index (χ2v) is 3.98. The number of hydrogen-bond donors (Lipinski definition) is 2. The molecule has 0 bridgehead atoms. The number of benzene rings is 1. The highest BCUT2D eigenvalue weighted by Gasteiger charge is 2.06. The van der Waals surface area contributed by atoms with Crippen molar-refractivity contribution in [1.29, 1.82) is 0 Å². The van der Waals surface area contributed by atoms with Gasteiger partial charge in [-0.2, -0.15) is 9.89 Å². The summed E-state index contributed by atoms with van der Waals surface area (Å²) in [5.41, 5.74) is 3.95. The molecule has 1 aliphatic heterocycles. The smallest absolute Gasteiger partial charge is 0.212 e.